The Morgan fingerprint density at radius 3 is 2.60 bits per heavy atom. The highest BCUT2D eigenvalue weighted by molar-refractivity contribution is 6.31. The molecule has 5 nitrogen and oxygen atoms in total. The van der Waals surface area contributed by atoms with Gasteiger partial charge in [-0.05, 0) is 48.7 Å². The van der Waals surface area contributed by atoms with E-state index in [-0.39, 0.29) is 11.8 Å². The molecule has 1 N–H and O–H groups in total. The molecule has 30 heavy (non-hydrogen) atoms. The predicted molar refractivity (Wildman–Crippen MR) is 121 cm³/mol. The third kappa shape index (κ3) is 5.54. The third-order valence-corrected chi connectivity index (χ3v) is 6.38. The van der Waals surface area contributed by atoms with Gasteiger partial charge in [0.25, 0.3) is 0 Å². The molecule has 6 heteroatoms. The van der Waals surface area contributed by atoms with Crippen LogP contribution in [0.1, 0.15) is 24.0 Å². The molecule has 1 atom stereocenters. The van der Waals surface area contributed by atoms with Crippen molar-refractivity contribution in [3.63, 3.8) is 0 Å². The molecule has 0 aliphatic carbocycles. The first kappa shape index (κ1) is 21.2. The summed E-state index contributed by atoms with van der Waals surface area (Å²) in [5.74, 6) is 0.185. The summed E-state index contributed by atoms with van der Waals surface area (Å²) >= 11 is 6.31. The van der Waals surface area contributed by atoms with E-state index in [1.54, 1.807) is 0 Å². The van der Waals surface area contributed by atoms with Gasteiger partial charge in [-0.2, -0.15) is 0 Å². The van der Waals surface area contributed by atoms with Gasteiger partial charge in [-0.25, -0.2) is 0 Å². The molecule has 2 aliphatic heterocycles. The SMILES string of the molecule is O=C(NCc1ccc(N2CCOCC2)cc1)C1CCCN(Cc2ccccc2Cl)C1. The highest BCUT2D eigenvalue weighted by Crippen LogP contribution is 2.22. The van der Waals surface area contributed by atoms with E-state index in [0.29, 0.717) is 6.54 Å². The second-order valence-electron chi connectivity index (χ2n) is 8.15. The van der Waals surface area contributed by atoms with Crippen molar-refractivity contribution in [3.8, 4) is 0 Å². The zero-order valence-electron chi connectivity index (χ0n) is 17.4. The first-order valence-corrected chi connectivity index (χ1v) is 11.2. The largest absolute Gasteiger partial charge is 0.378 e. The van der Waals surface area contributed by atoms with Gasteiger partial charge in [0.1, 0.15) is 0 Å². The molecule has 160 valence electrons. The van der Waals surface area contributed by atoms with Crippen molar-refractivity contribution in [1.29, 1.82) is 0 Å². The van der Waals surface area contributed by atoms with Crippen LogP contribution in [0.4, 0.5) is 5.69 Å². The van der Waals surface area contributed by atoms with Crippen LogP contribution >= 0.6 is 11.6 Å². The number of morpholine rings is 1. The molecule has 1 amide bonds. The molecule has 0 aromatic heterocycles. The fraction of sp³-hybridized carbons (Fsp3) is 0.458. The van der Waals surface area contributed by atoms with Crippen LogP contribution in [0.5, 0.6) is 0 Å². The summed E-state index contributed by atoms with van der Waals surface area (Å²) in [6, 6.07) is 16.4. The first-order valence-electron chi connectivity index (χ1n) is 10.8. The Bertz CT molecular complexity index is 837. The van der Waals surface area contributed by atoms with Gasteiger partial charge in [-0.15, -0.1) is 0 Å². The van der Waals surface area contributed by atoms with E-state index in [2.05, 4.69) is 45.4 Å². The van der Waals surface area contributed by atoms with Crippen molar-refractivity contribution in [2.45, 2.75) is 25.9 Å². The predicted octanol–water partition coefficient (Wildman–Crippen LogP) is 3.71. The summed E-state index contributed by atoms with van der Waals surface area (Å²) in [5.41, 5.74) is 3.47. The number of likely N-dealkylation sites (tertiary alicyclic amines) is 1. The zero-order chi connectivity index (χ0) is 20.8. The Kier molecular flexibility index (Phi) is 7.26. The highest BCUT2D eigenvalue weighted by atomic mass is 35.5. The van der Waals surface area contributed by atoms with Gasteiger partial charge in [0.15, 0.2) is 0 Å². The van der Waals surface area contributed by atoms with Gasteiger partial charge in [-0.1, -0.05) is 41.9 Å². The minimum atomic E-state index is 0.0360. The number of hydrogen-bond acceptors (Lipinski definition) is 4. The van der Waals surface area contributed by atoms with Crippen LogP contribution in [-0.2, 0) is 22.6 Å². The number of carbonyl (C=O) groups is 1. The quantitative estimate of drug-likeness (QED) is 0.763. The van der Waals surface area contributed by atoms with Gasteiger partial charge >= 0.3 is 0 Å². The van der Waals surface area contributed by atoms with E-state index in [1.807, 2.05) is 18.2 Å². The normalized spacial score (nSPS) is 20.2. The Balaban J connectivity index is 1.26. The fourth-order valence-corrected chi connectivity index (χ4v) is 4.46. The maximum Gasteiger partial charge on any atom is 0.224 e. The lowest BCUT2D eigenvalue weighted by molar-refractivity contribution is -0.126. The van der Waals surface area contributed by atoms with Crippen LogP contribution in [0.25, 0.3) is 0 Å². The summed E-state index contributed by atoms with van der Waals surface area (Å²) in [6.07, 6.45) is 1.98. The van der Waals surface area contributed by atoms with E-state index >= 15 is 0 Å². The molecule has 2 aromatic rings. The molecule has 2 aliphatic rings. The number of ether oxygens (including phenoxy) is 1. The number of nitrogens with one attached hydrogen (secondary N) is 1. The minimum absolute atomic E-state index is 0.0360. The van der Waals surface area contributed by atoms with Crippen molar-refractivity contribution in [3.05, 3.63) is 64.7 Å². The molecule has 0 bridgehead atoms. The summed E-state index contributed by atoms with van der Waals surface area (Å²) < 4.78 is 5.41. The smallest absolute Gasteiger partial charge is 0.224 e. The second kappa shape index (κ2) is 10.3. The van der Waals surface area contributed by atoms with Gasteiger partial charge in [-0.3, -0.25) is 9.69 Å². The standard InChI is InChI=1S/C24H30ClN3O2/c25-23-6-2-1-4-20(23)17-27-11-3-5-21(18-27)24(29)26-16-19-7-9-22(10-8-19)28-12-14-30-15-13-28/h1-2,4,6-10,21H,3,5,11-18H2,(H,26,29). The van der Waals surface area contributed by atoms with Crippen molar-refractivity contribution in [2.75, 3.05) is 44.3 Å². The molecule has 2 heterocycles. The van der Waals surface area contributed by atoms with Crippen molar-refractivity contribution < 1.29 is 9.53 Å². The van der Waals surface area contributed by atoms with Crippen LogP contribution in [0.15, 0.2) is 48.5 Å². The Morgan fingerprint density at radius 1 is 1.07 bits per heavy atom. The Labute approximate surface area is 184 Å². The molecule has 2 aromatic carbocycles. The average Bonchev–Trinajstić information content (AvgIpc) is 2.80. The number of rotatable bonds is 6. The number of piperidine rings is 1. The molecule has 2 fully saturated rings. The third-order valence-electron chi connectivity index (χ3n) is 6.01. The number of benzene rings is 2. The number of amides is 1. The lowest BCUT2D eigenvalue weighted by Gasteiger charge is -2.32. The molecule has 0 saturated carbocycles. The van der Waals surface area contributed by atoms with Crippen LogP contribution in [0.2, 0.25) is 5.02 Å². The topological polar surface area (TPSA) is 44.8 Å². The van der Waals surface area contributed by atoms with Crippen LogP contribution in [0.3, 0.4) is 0 Å². The Hall–Kier alpha value is -2.08. The van der Waals surface area contributed by atoms with E-state index < -0.39 is 0 Å². The number of hydrogen-bond donors (Lipinski definition) is 1. The lowest BCUT2D eigenvalue weighted by Crippen LogP contribution is -2.42. The van der Waals surface area contributed by atoms with Gasteiger partial charge in [0, 0.05) is 43.4 Å². The van der Waals surface area contributed by atoms with Crippen molar-refractivity contribution in [1.82, 2.24) is 10.2 Å². The minimum Gasteiger partial charge on any atom is -0.378 e. The molecule has 0 radical (unpaired) electrons. The van der Waals surface area contributed by atoms with Crippen LogP contribution in [-0.4, -0.2) is 50.2 Å². The molecule has 0 spiro atoms. The number of nitrogens with zero attached hydrogens (tertiary/aromatic N) is 2. The zero-order valence-corrected chi connectivity index (χ0v) is 18.1. The average molecular weight is 428 g/mol. The molecule has 4 rings (SSSR count). The monoisotopic (exact) mass is 427 g/mol. The highest BCUT2D eigenvalue weighted by Gasteiger charge is 2.26. The summed E-state index contributed by atoms with van der Waals surface area (Å²) in [4.78, 5) is 17.4. The van der Waals surface area contributed by atoms with Crippen molar-refractivity contribution >= 4 is 23.2 Å². The number of halogens is 1. The van der Waals surface area contributed by atoms with E-state index in [4.69, 9.17) is 16.3 Å². The van der Waals surface area contributed by atoms with Gasteiger partial charge < -0.3 is 15.0 Å². The maximum atomic E-state index is 12.8. The summed E-state index contributed by atoms with van der Waals surface area (Å²) in [7, 11) is 0. The molecule has 1 unspecified atom stereocenters. The fourth-order valence-electron chi connectivity index (χ4n) is 4.26. The van der Waals surface area contributed by atoms with E-state index in [9.17, 15) is 4.79 Å². The summed E-state index contributed by atoms with van der Waals surface area (Å²) in [5, 5.41) is 3.93. The molecular formula is C24H30ClN3O2. The lowest BCUT2D eigenvalue weighted by atomic mass is 9.96. The molecule has 2 saturated heterocycles. The number of carbonyl (C=O) groups excluding carboxylic acids is 1. The van der Waals surface area contributed by atoms with Crippen LogP contribution < -0.4 is 10.2 Å². The summed E-state index contributed by atoms with van der Waals surface area (Å²) in [6.45, 7) is 6.60. The Morgan fingerprint density at radius 2 is 1.83 bits per heavy atom. The maximum absolute atomic E-state index is 12.8. The first-order chi connectivity index (χ1) is 14.7. The van der Waals surface area contributed by atoms with Crippen molar-refractivity contribution in [2.24, 2.45) is 5.92 Å². The van der Waals surface area contributed by atoms with Gasteiger partial charge in [0.05, 0.1) is 19.1 Å². The second-order valence-corrected chi connectivity index (χ2v) is 8.56. The van der Waals surface area contributed by atoms with E-state index in [1.165, 1.54) is 5.69 Å². The van der Waals surface area contributed by atoms with Gasteiger partial charge in [0.2, 0.25) is 5.91 Å². The van der Waals surface area contributed by atoms with Crippen LogP contribution in [0, 0.1) is 5.92 Å². The van der Waals surface area contributed by atoms with E-state index in [0.717, 1.165) is 74.9 Å². The number of anilines is 1. The molecular weight excluding hydrogens is 398 g/mol.